The van der Waals surface area contributed by atoms with Crippen LogP contribution in [0.3, 0.4) is 0 Å². The molecule has 11 heavy (non-hydrogen) atoms. The fourth-order valence-electron chi connectivity index (χ4n) is 0.940. The molecule has 1 radical (unpaired) electrons. The van der Waals surface area contributed by atoms with Crippen molar-refractivity contribution in [1.82, 2.24) is 5.32 Å². The van der Waals surface area contributed by atoms with Crippen molar-refractivity contribution in [3.8, 4) is 0 Å². The largest absolute Gasteiger partial charge is 0.313 e. The fraction of sp³-hybridized carbons (Fsp3) is 0.400. The Bertz CT molecular complexity index is 181. The van der Waals surface area contributed by atoms with Crippen molar-refractivity contribution in [2.45, 2.75) is 19.9 Å². The lowest BCUT2D eigenvalue weighted by atomic mass is 10.2. The lowest BCUT2D eigenvalue weighted by molar-refractivity contribution is 0.675. The molecule has 0 heterocycles. The third-order valence-corrected chi connectivity index (χ3v) is 1.52. The van der Waals surface area contributed by atoms with Crippen molar-refractivity contribution in [3.05, 3.63) is 35.9 Å². The molecule has 0 aliphatic carbocycles. The van der Waals surface area contributed by atoms with Crippen LogP contribution >= 0.6 is 0 Å². The van der Waals surface area contributed by atoms with Crippen LogP contribution in [0.25, 0.3) is 0 Å². The number of hydrogen-bond donors (Lipinski definition) is 1. The summed E-state index contributed by atoms with van der Waals surface area (Å²) in [6, 6.07) is 11.2. The van der Waals surface area contributed by atoms with Crippen LogP contribution in [0, 0.1) is 6.07 Å². The zero-order chi connectivity index (χ0) is 7.94. The SMILES string of the molecule is CCCNCc1[c]cccc1. The second-order valence-corrected chi connectivity index (χ2v) is 2.56. The Morgan fingerprint density at radius 3 is 3.00 bits per heavy atom. The Labute approximate surface area is 68.4 Å². The maximum absolute atomic E-state index is 3.32. The first-order chi connectivity index (χ1) is 5.43. The van der Waals surface area contributed by atoms with Crippen LogP contribution in [0.4, 0.5) is 0 Å². The molecule has 59 valence electrons. The molecule has 0 fully saturated rings. The molecule has 0 aliphatic rings. The highest BCUT2D eigenvalue weighted by molar-refractivity contribution is 5.12. The first kappa shape index (κ1) is 8.28. The van der Waals surface area contributed by atoms with Gasteiger partial charge in [0.15, 0.2) is 0 Å². The number of nitrogens with one attached hydrogen (secondary N) is 1. The highest BCUT2D eigenvalue weighted by Crippen LogP contribution is 1.95. The zero-order valence-corrected chi connectivity index (χ0v) is 6.93. The van der Waals surface area contributed by atoms with E-state index in [1.807, 2.05) is 18.2 Å². The van der Waals surface area contributed by atoms with Gasteiger partial charge >= 0.3 is 0 Å². The molecular formula is C10H14N. The van der Waals surface area contributed by atoms with Gasteiger partial charge in [0.05, 0.1) is 0 Å². The molecule has 1 aromatic rings. The molecule has 0 unspecified atom stereocenters. The van der Waals surface area contributed by atoms with Crippen molar-refractivity contribution in [2.24, 2.45) is 0 Å². The summed E-state index contributed by atoms with van der Waals surface area (Å²) in [6.45, 7) is 4.19. The third-order valence-electron chi connectivity index (χ3n) is 1.52. The van der Waals surface area contributed by atoms with Crippen molar-refractivity contribution >= 4 is 0 Å². The third kappa shape index (κ3) is 3.19. The van der Waals surface area contributed by atoms with Gasteiger partial charge in [0, 0.05) is 6.54 Å². The molecule has 0 spiro atoms. The molecular weight excluding hydrogens is 134 g/mol. The van der Waals surface area contributed by atoms with Gasteiger partial charge in [-0.3, -0.25) is 0 Å². The van der Waals surface area contributed by atoms with Crippen LogP contribution in [-0.2, 0) is 6.54 Å². The topological polar surface area (TPSA) is 12.0 Å². The van der Waals surface area contributed by atoms with E-state index < -0.39 is 0 Å². The lowest BCUT2D eigenvalue weighted by Gasteiger charge is -2.00. The van der Waals surface area contributed by atoms with E-state index in [0.29, 0.717) is 0 Å². The molecule has 1 aromatic carbocycles. The standard InChI is InChI=1S/C10H14N/c1-2-8-11-9-10-6-4-3-5-7-10/h3-6,11H,2,8-9H2,1H3. The van der Waals surface area contributed by atoms with Crippen LogP contribution < -0.4 is 5.32 Å². The van der Waals surface area contributed by atoms with E-state index in [1.54, 1.807) is 0 Å². The molecule has 1 nitrogen and oxygen atoms in total. The van der Waals surface area contributed by atoms with Gasteiger partial charge in [-0.05, 0) is 24.6 Å². The minimum atomic E-state index is 0.939. The van der Waals surface area contributed by atoms with E-state index >= 15 is 0 Å². The lowest BCUT2D eigenvalue weighted by Crippen LogP contribution is -2.13. The van der Waals surface area contributed by atoms with Crippen molar-refractivity contribution in [3.63, 3.8) is 0 Å². The Morgan fingerprint density at radius 2 is 2.36 bits per heavy atom. The van der Waals surface area contributed by atoms with Crippen LogP contribution in [-0.4, -0.2) is 6.54 Å². The molecule has 1 rings (SSSR count). The average Bonchev–Trinajstić information content (AvgIpc) is 2.07. The van der Waals surface area contributed by atoms with E-state index in [2.05, 4.69) is 24.4 Å². The van der Waals surface area contributed by atoms with Crippen LogP contribution in [0.1, 0.15) is 18.9 Å². The van der Waals surface area contributed by atoms with Gasteiger partial charge in [-0.1, -0.05) is 31.2 Å². The van der Waals surface area contributed by atoms with Crippen molar-refractivity contribution in [2.75, 3.05) is 6.54 Å². The van der Waals surface area contributed by atoms with Gasteiger partial charge in [0.1, 0.15) is 0 Å². The monoisotopic (exact) mass is 148 g/mol. The predicted molar refractivity (Wildman–Crippen MR) is 47.3 cm³/mol. The normalized spacial score (nSPS) is 9.91. The maximum atomic E-state index is 3.32. The average molecular weight is 148 g/mol. The highest BCUT2D eigenvalue weighted by atomic mass is 14.8. The zero-order valence-electron chi connectivity index (χ0n) is 6.93. The molecule has 0 bridgehead atoms. The van der Waals surface area contributed by atoms with Crippen molar-refractivity contribution < 1.29 is 0 Å². The Hall–Kier alpha value is -0.820. The number of benzene rings is 1. The van der Waals surface area contributed by atoms with Gasteiger partial charge in [-0.25, -0.2) is 0 Å². The second kappa shape index (κ2) is 4.91. The predicted octanol–water partition coefficient (Wildman–Crippen LogP) is 1.99. The highest BCUT2D eigenvalue weighted by Gasteiger charge is 1.88. The first-order valence-corrected chi connectivity index (χ1v) is 4.10. The molecule has 0 aliphatic heterocycles. The number of hydrogen-bond acceptors (Lipinski definition) is 1. The summed E-state index contributed by atoms with van der Waals surface area (Å²) in [5, 5.41) is 3.32. The first-order valence-electron chi connectivity index (χ1n) is 4.10. The molecule has 0 aromatic heterocycles. The Balaban J connectivity index is 2.28. The van der Waals surface area contributed by atoms with Crippen LogP contribution in [0.2, 0.25) is 0 Å². The minimum absolute atomic E-state index is 0.939. The van der Waals surface area contributed by atoms with Crippen molar-refractivity contribution in [1.29, 1.82) is 0 Å². The quantitative estimate of drug-likeness (QED) is 0.644. The smallest absolute Gasteiger partial charge is 0.0211 e. The number of rotatable bonds is 4. The van der Waals surface area contributed by atoms with Gasteiger partial charge in [0.2, 0.25) is 0 Å². The summed E-state index contributed by atoms with van der Waals surface area (Å²) in [4.78, 5) is 0. The summed E-state index contributed by atoms with van der Waals surface area (Å²) in [5.41, 5.74) is 1.24. The summed E-state index contributed by atoms with van der Waals surface area (Å²) in [7, 11) is 0. The van der Waals surface area contributed by atoms with Crippen LogP contribution in [0.15, 0.2) is 24.3 Å². The van der Waals surface area contributed by atoms with Gasteiger partial charge in [-0.2, -0.15) is 0 Å². The van der Waals surface area contributed by atoms with Crippen LogP contribution in [0.5, 0.6) is 0 Å². The summed E-state index contributed by atoms with van der Waals surface area (Å²) < 4.78 is 0. The van der Waals surface area contributed by atoms with Gasteiger partial charge < -0.3 is 5.32 Å². The molecule has 1 N–H and O–H groups in total. The molecule has 0 saturated heterocycles. The van der Waals surface area contributed by atoms with Gasteiger partial charge in [-0.15, -0.1) is 0 Å². The van der Waals surface area contributed by atoms with Gasteiger partial charge in [0.25, 0.3) is 0 Å². The molecule has 0 atom stereocenters. The molecule has 1 heteroatoms. The molecule has 0 amide bonds. The minimum Gasteiger partial charge on any atom is -0.313 e. The van der Waals surface area contributed by atoms with E-state index in [9.17, 15) is 0 Å². The van der Waals surface area contributed by atoms with E-state index in [-0.39, 0.29) is 0 Å². The fourth-order valence-corrected chi connectivity index (χ4v) is 0.940. The summed E-state index contributed by atoms with van der Waals surface area (Å²) in [5.74, 6) is 0. The Morgan fingerprint density at radius 1 is 1.45 bits per heavy atom. The summed E-state index contributed by atoms with van der Waals surface area (Å²) in [6.07, 6.45) is 1.19. The Kier molecular flexibility index (Phi) is 3.70. The maximum Gasteiger partial charge on any atom is 0.0211 e. The van der Waals surface area contributed by atoms with E-state index in [0.717, 1.165) is 13.1 Å². The van der Waals surface area contributed by atoms with E-state index in [1.165, 1.54) is 12.0 Å². The molecule has 0 saturated carbocycles. The summed E-state index contributed by atoms with van der Waals surface area (Å²) >= 11 is 0. The van der Waals surface area contributed by atoms with E-state index in [4.69, 9.17) is 0 Å². The second-order valence-electron chi connectivity index (χ2n) is 2.56.